The number of aliphatic carboxylic acids is 1. The molecule has 0 spiro atoms. The second-order valence-corrected chi connectivity index (χ2v) is 6.53. The van der Waals surface area contributed by atoms with Gasteiger partial charge in [0, 0.05) is 49.7 Å². The Kier molecular flexibility index (Phi) is 3.69. The lowest BCUT2D eigenvalue weighted by atomic mass is 9.95. The molecule has 1 saturated heterocycles. The molecule has 2 fully saturated rings. The number of aliphatic hydroxyl groups excluding tert-OH is 1. The maximum atomic E-state index is 14.6. The Morgan fingerprint density at radius 3 is 2.54 bits per heavy atom. The first-order valence-electron chi connectivity index (χ1n) is 8.27. The van der Waals surface area contributed by atoms with Crippen LogP contribution in [0.25, 0.3) is 0 Å². The van der Waals surface area contributed by atoms with Crippen molar-refractivity contribution in [1.29, 1.82) is 0 Å². The number of fused-ring (bicyclic) bond motifs is 1. The molecule has 2 heterocycles. The van der Waals surface area contributed by atoms with Crippen LogP contribution in [0.1, 0.15) is 24.5 Å². The van der Waals surface area contributed by atoms with Crippen molar-refractivity contribution in [3.63, 3.8) is 0 Å². The van der Waals surface area contributed by atoms with E-state index in [4.69, 9.17) is 0 Å². The molecule has 3 N–H and O–H groups in total. The Morgan fingerprint density at radius 1 is 1.21 bits per heavy atom. The van der Waals surface area contributed by atoms with E-state index in [-0.39, 0.29) is 11.6 Å². The van der Waals surface area contributed by atoms with Crippen molar-refractivity contribution in [3.8, 4) is 0 Å². The van der Waals surface area contributed by atoms with E-state index in [1.807, 2.05) is 9.80 Å². The van der Waals surface area contributed by atoms with Crippen molar-refractivity contribution in [3.05, 3.63) is 35.3 Å². The quantitative estimate of drug-likeness (QED) is 0.772. The zero-order chi connectivity index (χ0) is 16.8. The van der Waals surface area contributed by atoms with Crippen molar-refractivity contribution in [2.75, 3.05) is 36.0 Å². The van der Waals surface area contributed by atoms with Gasteiger partial charge in [-0.3, -0.25) is 0 Å². The van der Waals surface area contributed by atoms with Crippen LogP contribution in [0, 0.1) is 5.82 Å². The van der Waals surface area contributed by atoms with E-state index in [0.717, 1.165) is 39.0 Å². The Bertz CT molecular complexity index is 711. The van der Waals surface area contributed by atoms with Crippen LogP contribution in [0.3, 0.4) is 0 Å². The first-order chi connectivity index (χ1) is 11.6. The molecule has 0 radical (unpaired) electrons. The number of halogens is 1. The third kappa shape index (κ3) is 2.53. The fourth-order valence-electron chi connectivity index (χ4n) is 3.44. The van der Waals surface area contributed by atoms with E-state index >= 15 is 0 Å². The van der Waals surface area contributed by atoms with Gasteiger partial charge in [-0.25, -0.2) is 9.18 Å². The van der Waals surface area contributed by atoms with Gasteiger partial charge < -0.3 is 25.3 Å². The number of nitrogens with zero attached hydrogens (tertiary/aromatic N) is 2. The van der Waals surface area contributed by atoms with Crippen molar-refractivity contribution < 1.29 is 19.4 Å². The number of hydrogen-bond acceptors (Lipinski definition) is 5. The lowest BCUT2D eigenvalue weighted by Crippen LogP contribution is -2.44. The highest BCUT2D eigenvalue weighted by molar-refractivity contribution is 5.91. The predicted octanol–water partition coefficient (Wildman–Crippen LogP) is 1.22. The van der Waals surface area contributed by atoms with Gasteiger partial charge in [-0.2, -0.15) is 0 Å². The Balaban J connectivity index is 1.78. The molecule has 1 unspecified atom stereocenters. The average Bonchev–Trinajstić information content (AvgIpc) is 3.40. The minimum atomic E-state index is -1.31. The molecule has 0 amide bonds. The van der Waals surface area contributed by atoms with E-state index in [2.05, 4.69) is 5.32 Å². The number of nitrogens with one attached hydrogen (secondary N) is 1. The number of carbonyl (C=O) groups is 1. The summed E-state index contributed by atoms with van der Waals surface area (Å²) >= 11 is 0. The van der Waals surface area contributed by atoms with Crippen molar-refractivity contribution >= 4 is 17.3 Å². The summed E-state index contributed by atoms with van der Waals surface area (Å²) in [6.07, 6.45) is 2.14. The summed E-state index contributed by atoms with van der Waals surface area (Å²) in [5.41, 5.74) is 1.45. The molecule has 0 aromatic heterocycles. The maximum absolute atomic E-state index is 14.6. The monoisotopic (exact) mass is 333 g/mol. The molecule has 0 bridgehead atoms. The first-order valence-corrected chi connectivity index (χ1v) is 8.27. The molecule has 1 aromatic carbocycles. The number of piperazine rings is 1. The molecule has 24 heavy (non-hydrogen) atoms. The van der Waals surface area contributed by atoms with E-state index in [0.29, 0.717) is 16.9 Å². The average molecular weight is 333 g/mol. The number of anilines is 2. The Labute approximate surface area is 139 Å². The van der Waals surface area contributed by atoms with Crippen LogP contribution < -0.4 is 15.1 Å². The Hall–Kier alpha value is -2.12. The van der Waals surface area contributed by atoms with Crippen LogP contribution in [-0.4, -0.2) is 48.4 Å². The molecule has 1 atom stereocenters. The summed E-state index contributed by atoms with van der Waals surface area (Å²) in [4.78, 5) is 15.3. The highest BCUT2D eigenvalue weighted by Crippen LogP contribution is 2.44. The molecule has 4 rings (SSSR count). The smallest absolute Gasteiger partial charge is 0.336 e. The SMILES string of the molecule is O=C(O)C1=CN(C2CC2)c2cc(N3CCNCC3)c(F)cc2C1O. The number of aliphatic hydroxyl groups is 1. The van der Waals surface area contributed by atoms with Gasteiger partial charge in [0.1, 0.15) is 11.9 Å². The number of carboxylic acid groups (broad SMARTS) is 1. The van der Waals surface area contributed by atoms with Crippen molar-refractivity contribution in [2.24, 2.45) is 0 Å². The van der Waals surface area contributed by atoms with Crippen LogP contribution >= 0.6 is 0 Å². The van der Waals surface area contributed by atoms with Crippen LogP contribution in [0.15, 0.2) is 23.9 Å². The second kappa shape index (κ2) is 5.75. The van der Waals surface area contributed by atoms with Gasteiger partial charge in [-0.15, -0.1) is 0 Å². The second-order valence-electron chi connectivity index (χ2n) is 6.53. The third-order valence-corrected chi connectivity index (χ3v) is 4.89. The molecular weight excluding hydrogens is 313 g/mol. The van der Waals surface area contributed by atoms with Crippen LogP contribution in [0.4, 0.5) is 15.8 Å². The summed E-state index contributed by atoms with van der Waals surface area (Å²) in [7, 11) is 0. The van der Waals surface area contributed by atoms with E-state index in [9.17, 15) is 19.4 Å². The number of carboxylic acids is 1. The topological polar surface area (TPSA) is 76.0 Å². The lowest BCUT2D eigenvalue weighted by molar-refractivity contribution is -0.133. The molecule has 2 aliphatic heterocycles. The highest BCUT2D eigenvalue weighted by Gasteiger charge is 2.37. The summed E-state index contributed by atoms with van der Waals surface area (Å²) in [6, 6.07) is 3.28. The number of hydrogen-bond donors (Lipinski definition) is 3. The summed E-state index contributed by atoms with van der Waals surface area (Å²) in [5.74, 6) is -1.59. The largest absolute Gasteiger partial charge is 0.478 e. The van der Waals surface area contributed by atoms with Crippen LogP contribution in [0.5, 0.6) is 0 Å². The third-order valence-electron chi connectivity index (χ3n) is 4.89. The summed E-state index contributed by atoms with van der Waals surface area (Å²) in [6.45, 7) is 3.04. The molecule has 7 heteroatoms. The summed E-state index contributed by atoms with van der Waals surface area (Å²) in [5, 5.41) is 22.9. The van der Waals surface area contributed by atoms with E-state index in [1.54, 1.807) is 6.07 Å². The first kappa shape index (κ1) is 15.4. The predicted molar refractivity (Wildman–Crippen MR) is 87.7 cm³/mol. The number of benzene rings is 1. The fourth-order valence-corrected chi connectivity index (χ4v) is 3.44. The molecule has 3 aliphatic rings. The minimum Gasteiger partial charge on any atom is -0.478 e. The zero-order valence-corrected chi connectivity index (χ0v) is 13.2. The van der Waals surface area contributed by atoms with Gasteiger partial charge in [0.15, 0.2) is 0 Å². The van der Waals surface area contributed by atoms with E-state index < -0.39 is 17.9 Å². The van der Waals surface area contributed by atoms with Gasteiger partial charge in [0.2, 0.25) is 0 Å². The fraction of sp³-hybridized carbons (Fsp3) is 0.471. The molecule has 6 nitrogen and oxygen atoms in total. The van der Waals surface area contributed by atoms with Gasteiger partial charge in [0.05, 0.1) is 11.3 Å². The van der Waals surface area contributed by atoms with Gasteiger partial charge in [0.25, 0.3) is 0 Å². The van der Waals surface area contributed by atoms with Crippen LogP contribution in [-0.2, 0) is 4.79 Å². The maximum Gasteiger partial charge on any atom is 0.336 e. The van der Waals surface area contributed by atoms with Crippen molar-refractivity contribution in [2.45, 2.75) is 25.0 Å². The van der Waals surface area contributed by atoms with Crippen molar-refractivity contribution in [1.82, 2.24) is 5.32 Å². The Morgan fingerprint density at radius 2 is 1.92 bits per heavy atom. The molecule has 1 aromatic rings. The zero-order valence-electron chi connectivity index (χ0n) is 13.2. The van der Waals surface area contributed by atoms with E-state index in [1.165, 1.54) is 12.3 Å². The highest BCUT2D eigenvalue weighted by atomic mass is 19.1. The lowest BCUT2D eigenvalue weighted by Gasteiger charge is -2.35. The van der Waals surface area contributed by atoms with Gasteiger partial charge in [-0.05, 0) is 25.0 Å². The van der Waals surface area contributed by atoms with Crippen LogP contribution in [0.2, 0.25) is 0 Å². The summed E-state index contributed by atoms with van der Waals surface area (Å²) < 4.78 is 14.6. The minimum absolute atomic E-state index is 0.108. The van der Waals surface area contributed by atoms with Gasteiger partial charge >= 0.3 is 5.97 Å². The molecule has 1 aliphatic carbocycles. The number of rotatable bonds is 3. The normalized spacial score (nSPS) is 23.8. The van der Waals surface area contributed by atoms with Gasteiger partial charge in [-0.1, -0.05) is 0 Å². The standard InChI is InChI=1S/C17H20FN3O3/c18-13-7-11-14(8-15(13)20-5-3-19-4-6-20)21(10-1-2-10)9-12(16(11)22)17(23)24/h7-10,16,19,22H,1-6H2,(H,23,24). The molecular formula is C17H20FN3O3. The molecule has 128 valence electrons. The molecule has 1 saturated carbocycles.